The molecule has 3 amide bonds. The third-order valence-corrected chi connectivity index (χ3v) is 6.23. The van der Waals surface area contributed by atoms with Gasteiger partial charge in [0.2, 0.25) is 11.8 Å². The van der Waals surface area contributed by atoms with Gasteiger partial charge >= 0.3 is 6.09 Å². The minimum atomic E-state index is -0.861. The Balaban J connectivity index is 2.41. The summed E-state index contributed by atoms with van der Waals surface area (Å²) in [6.07, 6.45) is 5.24. The highest BCUT2D eigenvalue weighted by Gasteiger charge is 2.42. The van der Waals surface area contributed by atoms with Crippen molar-refractivity contribution in [3.63, 3.8) is 0 Å². The molecule has 0 bridgehead atoms. The third kappa shape index (κ3) is 9.03. The molecular formula is C28H45N3O5. The number of ether oxygens (including phenoxy) is 1. The van der Waals surface area contributed by atoms with Crippen molar-refractivity contribution in [2.24, 2.45) is 5.92 Å². The molecule has 0 saturated heterocycles. The summed E-state index contributed by atoms with van der Waals surface area (Å²) in [5.74, 6) is -0.322. The predicted octanol–water partition coefficient (Wildman–Crippen LogP) is 5.06. The van der Waals surface area contributed by atoms with E-state index < -0.39 is 23.8 Å². The number of nitrogens with zero attached hydrogens (tertiary/aromatic N) is 1. The standard InChI is InChI=1S/C28H45N3O5/c1-7-8-9-17-29-25(33)24(20-13-15-22(32)16-14-20)31(21-11-10-12-21)26(34)23(18-19(2)3)30-27(35)36-28(4,5)6/h13-16,19,21,23-24,32H,7-12,17-18H2,1-6H3,(H,29,33)(H,30,35). The molecule has 3 N–H and O–H groups in total. The largest absolute Gasteiger partial charge is 0.508 e. The molecule has 0 spiro atoms. The lowest BCUT2D eigenvalue weighted by Crippen LogP contribution is -2.57. The van der Waals surface area contributed by atoms with Crippen molar-refractivity contribution in [1.29, 1.82) is 0 Å². The lowest BCUT2D eigenvalue weighted by Gasteiger charge is -2.43. The van der Waals surface area contributed by atoms with Crippen molar-refractivity contribution in [2.45, 2.75) is 110 Å². The summed E-state index contributed by atoms with van der Waals surface area (Å²) >= 11 is 0. The number of rotatable bonds is 12. The van der Waals surface area contributed by atoms with Crippen LogP contribution in [-0.2, 0) is 14.3 Å². The number of carbonyl (C=O) groups is 3. The summed E-state index contributed by atoms with van der Waals surface area (Å²) in [5.41, 5.74) is -0.0718. The van der Waals surface area contributed by atoms with Gasteiger partial charge in [-0.3, -0.25) is 9.59 Å². The summed E-state index contributed by atoms with van der Waals surface area (Å²) in [7, 11) is 0. The van der Waals surface area contributed by atoms with Crippen LogP contribution < -0.4 is 10.6 Å². The average Bonchev–Trinajstić information content (AvgIpc) is 2.73. The molecule has 0 aliphatic heterocycles. The van der Waals surface area contributed by atoms with E-state index in [0.29, 0.717) is 18.5 Å². The normalized spacial score (nSPS) is 15.5. The maximum absolute atomic E-state index is 14.1. The van der Waals surface area contributed by atoms with Crippen molar-refractivity contribution in [2.75, 3.05) is 6.54 Å². The van der Waals surface area contributed by atoms with Gasteiger partial charge in [0.25, 0.3) is 0 Å². The summed E-state index contributed by atoms with van der Waals surface area (Å²) in [6.45, 7) is 11.9. The van der Waals surface area contributed by atoms with Crippen molar-refractivity contribution in [3.05, 3.63) is 29.8 Å². The Labute approximate surface area is 216 Å². The smallest absolute Gasteiger partial charge is 0.408 e. The molecule has 1 aliphatic carbocycles. The molecule has 0 heterocycles. The number of hydrogen-bond donors (Lipinski definition) is 3. The van der Waals surface area contributed by atoms with E-state index >= 15 is 0 Å². The van der Waals surface area contributed by atoms with Gasteiger partial charge in [0.15, 0.2) is 0 Å². The number of phenolic OH excluding ortho intramolecular Hbond substituents is 1. The molecule has 8 nitrogen and oxygen atoms in total. The van der Waals surface area contributed by atoms with Gasteiger partial charge in [0.1, 0.15) is 23.4 Å². The lowest BCUT2D eigenvalue weighted by atomic mass is 9.87. The van der Waals surface area contributed by atoms with Gasteiger partial charge < -0.3 is 25.4 Å². The number of hydrogen-bond acceptors (Lipinski definition) is 5. The number of phenols is 1. The van der Waals surface area contributed by atoms with E-state index in [1.54, 1.807) is 37.8 Å². The Kier molecular flexibility index (Phi) is 11.1. The van der Waals surface area contributed by atoms with Crippen LogP contribution >= 0.6 is 0 Å². The van der Waals surface area contributed by atoms with Crippen LogP contribution in [0.2, 0.25) is 0 Å². The minimum absolute atomic E-state index is 0.0895. The molecule has 0 aromatic heterocycles. The highest BCUT2D eigenvalue weighted by atomic mass is 16.6. The molecule has 2 rings (SSSR count). The van der Waals surface area contributed by atoms with Crippen LogP contribution in [-0.4, -0.2) is 52.1 Å². The molecule has 1 fully saturated rings. The topological polar surface area (TPSA) is 108 Å². The van der Waals surface area contributed by atoms with E-state index in [2.05, 4.69) is 17.6 Å². The van der Waals surface area contributed by atoms with E-state index in [-0.39, 0.29) is 29.5 Å². The molecule has 1 aliphatic rings. The number of nitrogens with one attached hydrogen (secondary N) is 2. The molecule has 202 valence electrons. The van der Waals surface area contributed by atoms with Gasteiger partial charge in [-0.1, -0.05) is 45.7 Å². The number of aromatic hydroxyl groups is 1. The second-order valence-electron chi connectivity index (χ2n) is 11.2. The Morgan fingerprint density at radius 3 is 2.25 bits per heavy atom. The van der Waals surface area contributed by atoms with Crippen LogP contribution in [0.3, 0.4) is 0 Å². The van der Waals surface area contributed by atoms with Crippen LogP contribution in [0.15, 0.2) is 24.3 Å². The zero-order valence-corrected chi connectivity index (χ0v) is 22.8. The molecule has 1 aromatic carbocycles. The summed E-state index contributed by atoms with van der Waals surface area (Å²) in [4.78, 5) is 42.0. The molecule has 1 saturated carbocycles. The van der Waals surface area contributed by atoms with Crippen LogP contribution in [0.5, 0.6) is 5.75 Å². The van der Waals surface area contributed by atoms with E-state index in [9.17, 15) is 19.5 Å². The molecule has 0 radical (unpaired) electrons. The van der Waals surface area contributed by atoms with Crippen LogP contribution in [0.25, 0.3) is 0 Å². The van der Waals surface area contributed by atoms with Gasteiger partial charge in [-0.05, 0) is 76.5 Å². The second-order valence-corrected chi connectivity index (χ2v) is 11.2. The zero-order valence-electron chi connectivity index (χ0n) is 22.8. The van der Waals surface area contributed by atoms with Gasteiger partial charge in [-0.2, -0.15) is 0 Å². The summed E-state index contributed by atoms with van der Waals surface area (Å²) in [5, 5.41) is 15.6. The van der Waals surface area contributed by atoms with Crippen molar-refractivity contribution < 1.29 is 24.2 Å². The van der Waals surface area contributed by atoms with Gasteiger partial charge in [-0.25, -0.2) is 4.79 Å². The molecule has 2 atom stereocenters. The third-order valence-electron chi connectivity index (χ3n) is 6.23. The molecular weight excluding hydrogens is 458 g/mol. The number of amides is 3. The molecule has 8 heteroatoms. The number of alkyl carbamates (subject to hydrolysis) is 1. The number of unbranched alkanes of at least 4 members (excludes halogenated alkanes) is 2. The summed E-state index contributed by atoms with van der Waals surface area (Å²) < 4.78 is 5.43. The molecule has 2 unspecified atom stereocenters. The fraction of sp³-hybridized carbons (Fsp3) is 0.679. The lowest BCUT2D eigenvalue weighted by molar-refractivity contribution is -0.147. The van der Waals surface area contributed by atoms with Crippen molar-refractivity contribution in [3.8, 4) is 5.75 Å². The fourth-order valence-corrected chi connectivity index (χ4v) is 4.28. The van der Waals surface area contributed by atoms with Crippen molar-refractivity contribution in [1.82, 2.24) is 15.5 Å². The Bertz CT molecular complexity index is 859. The first-order valence-electron chi connectivity index (χ1n) is 13.3. The Hall–Kier alpha value is -2.77. The fourth-order valence-electron chi connectivity index (χ4n) is 4.28. The maximum Gasteiger partial charge on any atom is 0.408 e. The van der Waals surface area contributed by atoms with Crippen LogP contribution in [0.1, 0.15) is 98.1 Å². The van der Waals surface area contributed by atoms with Gasteiger partial charge in [-0.15, -0.1) is 0 Å². The van der Waals surface area contributed by atoms with Crippen LogP contribution in [0, 0.1) is 5.92 Å². The van der Waals surface area contributed by atoms with Crippen molar-refractivity contribution >= 4 is 17.9 Å². The monoisotopic (exact) mass is 503 g/mol. The minimum Gasteiger partial charge on any atom is -0.508 e. The highest BCUT2D eigenvalue weighted by molar-refractivity contribution is 5.92. The molecule has 1 aromatic rings. The Morgan fingerprint density at radius 1 is 1.11 bits per heavy atom. The van der Waals surface area contributed by atoms with Crippen LogP contribution in [0.4, 0.5) is 4.79 Å². The average molecular weight is 504 g/mol. The number of carbonyl (C=O) groups excluding carboxylic acids is 3. The molecule has 36 heavy (non-hydrogen) atoms. The van der Waals surface area contributed by atoms with Gasteiger partial charge in [0, 0.05) is 12.6 Å². The highest BCUT2D eigenvalue weighted by Crippen LogP contribution is 2.34. The first kappa shape index (κ1) is 29.5. The van der Waals surface area contributed by atoms with Gasteiger partial charge in [0.05, 0.1) is 0 Å². The first-order valence-corrected chi connectivity index (χ1v) is 13.3. The second kappa shape index (κ2) is 13.5. The van der Waals surface area contributed by atoms with E-state index in [1.807, 2.05) is 13.8 Å². The SMILES string of the molecule is CCCCCNC(=O)C(c1ccc(O)cc1)N(C(=O)C(CC(C)C)NC(=O)OC(C)(C)C)C1CCC1. The van der Waals surface area contributed by atoms with E-state index in [0.717, 1.165) is 38.5 Å². The summed E-state index contributed by atoms with van der Waals surface area (Å²) in [6, 6.07) is 4.63. The Morgan fingerprint density at radius 2 is 1.75 bits per heavy atom. The quantitative estimate of drug-likeness (QED) is 0.346. The predicted molar refractivity (Wildman–Crippen MR) is 140 cm³/mol. The van der Waals surface area contributed by atoms with E-state index in [4.69, 9.17) is 4.74 Å². The van der Waals surface area contributed by atoms with E-state index in [1.165, 1.54) is 12.1 Å². The zero-order chi connectivity index (χ0) is 26.9. The number of benzene rings is 1. The first-order chi connectivity index (χ1) is 16.9. The maximum atomic E-state index is 14.1.